The normalized spacial score (nSPS) is 15.4. The highest BCUT2D eigenvalue weighted by molar-refractivity contribution is 6.30. The summed E-state index contributed by atoms with van der Waals surface area (Å²) in [5.41, 5.74) is 6.05. The SMILES string of the molecule is CC(C)C(C)(CN)c1ccc(Cl)cc1F. The molecule has 0 amide bonds. The Morgan fingerprint density at radius 1 is 1.47 bits per heavy atom. The van der Waals surface area contributed by atoms with Crippen LogP contribution >= 0.6 is 11.6 Å². The van der Waals surface area contributed by atoms with Gasteiger partial charge < -0.3 is 5.73 Å². The molecule has 1 atom stereocenters. The fourth-order valence-electron chi connectivity index (χ4n) is 1.61. The highest BCUT2D eigenvalue weighted by Crippen LogP contribution is 2.33. The van der Waals surface area contributed by atoms with E-state index in [1.54, 1.807) is 12.1 Å². The third-order valence-electron chi connectivity index (χ3n) is 3.24. The van der Waals surface area contributed by atoms with E-state index in [0.717, 1.165) is 0 Å². The zero-order valence-electron chi connectivity index (χ0n) is 9.35. The average Bonchev–Trinajstić information content (AvgIpc) is 2.16. The summed E-state index contributed by atoms with van der Waals surface area (Å²) in [7, 11) is 0. The number of hydrogen-bond acceptors (Lipinski definition) is 1. The van der Waals surface area contributed by atoms with Crippen molar-refractivity contribution < 1.29 is 4.39 Å². The van der Waals surface area contributed by atoms with Gasteiger partial charge in [-0.1, -0.05) is 38.4 Å². The number of nitrogens with two attached hydrogens (primary N) is 1. The van der Waals surface area contributed by atoms with Crippen molar-refractivity contribution >= 4 is 11.6 Å². The molecule has 0 aromatic heterocycles. The maximum atomic E-state index is 13.8. The molecule has 0 aliphatic heterocycles. The quantitative estimate of drug-likeness (QED) is 0.845. The molecule has 0 bridgehead atoms. The van der Waals surface area contributed by atoms with Gasteiger partial charge >= 0.3 is 0 Å². The summed E-state index contributed by atoms with van der Waals surface area (Å²) in [5.74, 6) is 0.00215. The van der Waals surface area contributed by atoms with Gasteiger partial charge in [0.2, 0.25) is 0 Å². The van der Waals surface area contributed by atoms with E-state index in [-0.39, 0.29) is 17.2 Å². The molecule has 0 aliphatic carbocycles. The van der Waals surface area contributed by atoms with E-state index in [0.29, 0.717) is 17.1 Å². The van der Waals surface area contributed by atoms with Crippen LogP contribution in [-0.4, -0.2) is 6.54 Å². The van der Waals surface area contributed by atoms with E-state index in [1.165, 1.54) is 6.07 Å². The molecule has 2 N–H and O–H groups in total. The van der Waals surface area contributed by atoms with E-state index in [9.17, 15) is 4.39 Å². The van der Waals surface area contributed by atoms with E-state index >= 15 is 0 Å². The predicted molar refractivity (Wildman–Crippen MR) is 62.7 cm³/mol. The molecule has 1 aromatic rings. The highest BCUT2D eigenvalue weighted by atomic mass is 35.5. The van der Waals surface area contributed by atoms with Crippen molar-refractivity contribution in [3.05, 3.63) is 34.6 Å². The van der Waals surface area contributed by atoms with Gasteiger partial charge in [-0.05, 0) is 23.6 Å². The van der Waals surface area contributed by atoms with E-state index < -0.39 is 0 Å². The van der Waals surface area contributed by atoms with Crippen molar-refractivity contribution in [3.8, 4) is 0 Å². The first-order valence-electron chi connectivity index (χ1n) is 5.07. The van der Waals surface area contributed by atoms with Crippen LogP contribution in [0.15, 0.2) is 18.2 Å². The lowest BCUT2D eigenvalue weighted by molar-refractivity contribution is 0.334. The summed E-state index contributed by atoms with van der Waals surface area (Å²) in [6.45, 7) is 6.48. The number of rotatable bonds is 3. The summed E-state index contributed by atoms with van der Waals surface area (Å²) in [6, 6.07) is 4.77. The van der Waals surface area contributed by atoms with Crippen LogP contribution in [0.5, 0.6) is 0 Å². The number of hydrogen-bond donors (Lipinski definition) is 1. The molecule has 1 unspecified atom stereocenters. The summed E-state index contributed by atoms with van der Waals surface area (Å²) in [4.78, 5) is 0. The minimum absolute atomic E-state index is 0.274. The molecular formula is C12H17ClFN. The van der Waals surface area contributed by atoms with Crippen LogP contribution in [0.25, 0.3) is 0 Å². The second-order valence-corrected chi connectivity index (χ2v) is 4.84. The molecule has 1 nitrogen and oxygen atoms in total. The molecule has 1 aromatic carbocycles. The maximum absolute atomic E-state index is 13.8. The summed E-state index contributed by atoms with van der Waals surface area (Å²) in [5, 5.41) is 0.416. The van der Waals surface area contributed by atoms with Gasteiger partial charge in [0, 0.05) is 17.0 Å². The molecule has 0 saturated heterocycles. The van der Waals surface area contributed by atoms with Gasteiger partial charge in [0.15, 0.2) is 0 Å². The average molecular weight is 230 g/mol. The van der Waals surface area contributed by atoms with Gasteiger partial charge in [-0.2, -0.15) is 0 Å². The highest BCUT2D eigenvalue weighted by Gasteiger charge is 2.31. The van der Waals surface area contributed by atoms with E-state index in [4.69, 9.17) is 17.3 Å². The number of benzene rings is 1. The summed E-state index contributed by atoms with van der Waals surface area (Å²) >= 11 is 5.72. The fraction of sp³-hybridized carbons (Fsp3) is 0.500. The largest absolute Gasteiger partial charge is 0.330 e. The third kappa shape index (κ3) is 2.32. The van der Waals surface area contributed by atoms with Gasteiger partial charge in [0.05, 0.1) is 0 Å². The van der Waals surface area contributed by atoms with Crippen molar-refractivity contribution in [2.45, 2.75) is 26.2 Å². The predicted octanol–water partition coefficient (Wildman–Crippen LogP) is 3.35. The van der Waals surface area contributed by atoms with E-state index in [1.807, 2.05) is 20.8 Å². The topological polar surface area (TPSA) is 26.0 Å². The second kappa shape index (κ2) is 4.50. The lowest BCUT2D eigenvalue weighted by Crippen LogP contribution is -2.37. The minimum Gasteiger partial charge on any atom is -0.330 e. The van der Waals surface area contributed by atoms with Gasteiger partial charge in [-0.3, -0.25) is 0 Å². The van der Waals surface area contributed by atoms with Crippen molar-refractivity contribution in [1.29, 1.82) is 0 Å². The van der Waals surface area contributed by atoms with Crippen LogP contribution in [-0.2, 0) is 5.41 Å². The maximum Gasteiger partial charge on any atom is 0.128 e. The van der Waals surface area contributed by atoms with Crippen molar-refractivity contribution in [2.24, 2.45) is 11.7 Å². The Morgan fingerprint density at radius 2 is 2.07 bits per heavy atom. The lowest BCUT2D eigenvalue weighted by atomic mass is 9.73. The first-order valence-corrected chi connectivity index (χ1v) is 5.45. The Morgan fingerprint density at radius 3 is 2.47 bits per heavy atom. The first kappa shape index (κ1) is 12.5. The molecule has 0 radical (unpaired) electrons. The molecule has 0 spiro atoms. The second-order valence-electron chi connectivity index (χ2n) is 4.40. The molecule has 15 heavy (non-hydrogen) atoms. The minimum atomic E-state index is -0.339. The van der Waals surface area contributed by atoms with Gasteiger partial charge in [-0.25, -0.2) is 4.39 Å². The Kier molecular flexibility index (Phi) is 3.74. The molecule has 84 valence electrons. The standard InChI is InChI=1S/C12H17ClFN/c1-8(2)12(3,7-15)10-5-4-9(13)6-11(10)14/h4-6,8H,7,15H2,1-3H3. The van der Waals surface area contributed by atoms with Gasteiger partial charge in [0.1, 0.15) is 5.82 Å². The molecule has 0 heterocycles. The smallest absolute Gasteiger partial charge is 0.128 e. The lowest BCUT2D eigenvalue weighted by Gasteiger charge is -2.33. The van der Waals surface area contributed by atoms with Crippen molar-refractivity contribution in [2.75, 3.05) is 6.54 Å². The van der Waals surface area contributed by atoms with E-state index in [2.05, 4.69) is 0 Å². The van der Waals surface area contributed by atoms with Crippen LogP contribution in [0.3, 0.4) is 0 Å². The zero-order valence-corrected chi connectivity index (χ0v) is 10.1. The zero-order chi connectivity index (χ0) is 11.6. The Hall–Kier alpha value is -0.600. The Bertz CT molecular complexity index is 351. The molecule has 3 heteroatoms. The number of halogens is 2. The van der Waals surface area contributed by atoms with Gasteiger partial charge in [-0.15, -0.1) is 0 Å². The Balaban J connectivity index is 3.24. The molecular weight excluding hydrogens is 213 g/mol. The molecule has 1 rings (SSSR count). The van der Waals surface area contributed by atoms with Crippen molar-refractivity contribution in [3.63, 3.8) is 0 Å². The monoisotopic (exact) mass is 229 g/mol. The first-order chi connectivity index (χ1) is 6.91. The van der Waals surface area contributed by atoms with Crippen LogP contribution < -0.4 is 5.73 Å². The Labute approximate surface area is 95.4 Å². The summed E-state index contributed by atoms with van der Waals surface area (Å²) < 4.78 is 13.8. The van der Waals surface area contributed by atoms with Crippen LogP contribution in [0.2, 0.25) is 5.02 Å². The molecule has 0 aliphatic rings. The van der Waals surface area contributed by atoms with Gasteiger partial charge in [0.25, 0.3) is 0 Å². The van der Waals surface area contributed by atoms with Crippen LogP contribution in [0.4, 0.5) is 4.39 Å². The molecule has 0 saturated carbocycles. The molecule has 0 fully saturated rings. The van der Waals surface area contributed by atoms with Crippen LogP contribution in [0, 0.1) is 11.7 Å². The third-order valence-corrected chi connectivity index (χ3v) is 3.48. The van der Waals surface area contributed by atoms with Crippen LogP contribution in [0.1, 0.15) is 26.3 Å². The summed E-state index contributed by atoms with van der Waals surface area (Å²) in [6.07, 6.45) is 0. The van der Waals surface area contributed by atoms with Crippen molar-refractivity contribution in [1.82, 2.24) is 0 Å². The fourth-order valence-corrected chi connectivity index (χ4v) is 1.77.